The van der Waals surface area contributed by atoms with Crippen LogP contribution in [0.3, 0.4) is 0 Å². The molecule has 0 aliphatic rings. The second kappa shape index (κ2) is 3.12. The Morgan fingerprint density at radius 3 is 1.78 bits per heavy atom. The third-order valence-electron chi connectivity index (χ3n) is 1.62. The Kier molecular flexibility index (Phi) is 3.07. The lowest BCUT2D eigenvalue weighted by Crippen LogP contribution is -2.48. The van der Waals surface area contributed by atoms with Gasteiger partial charge in [0.1, 0.15) is 6.23 Å². The van der Waals surface area contributed by atoms with Crippen LogP contribution in [0.4, 0.5) is 0 Å². The highest BCUT2D eigenvalue weighted by molar-refractivity contribution is 4.79. The summed E-state index contributed by atoms with van der Waals surface area (Å²) < 4.78 is 0. The van der Waals surface area contributed by atoms with E-state index in [-0.39, 0.29) is 13.1 Å². The van der Waals surface area contributed by atoms with Gasteiger partial charge in [-0.2, -0.15) is 0 Å². The van der Waals surface area contributed by atoms with Crippen LogP contribution in [0.15, 0.2) is 0 Å². The number of hydrogen-bond donors (Lipinski definition) is 3. The predicted molar refractivity (Wildman–Crippen MR) is 34.9 cm³/mol. The van der Waals surface area contributed by atoms with E-state index in [1.165, 1.54) is 0 Å². The van der Waals surface area contributed by atoms with Crippen LogP contribution in [0.2, 0.25) is 0 Å². The van der Waals surface area contributed by atoms with E-state index in [2.05, 4.69) is 0 Å². The van der Waals surface area contributed by atoms with Gasteiger partial charge in [-0.15, -0.1) is 0 Å². The van der Waals surface area contributed by atoms with Crippen LogP contribution in [0.25, 0.3) is 0 Å². The van der Waals surface area contributed by atoms with Gasteiger partial charge in [-0.3, -0.25) is 0 Å². The summed E-state index contributed by atoms with van der Waals surface area (Å²) in [5.41, 5.74) is 15.0. The zero-order valence-corrected chi connectivity index (χ0v) is 5.63. The lowest BCUT2D eigenvalue weighted by molar-refractivity contribution is -0.00443. The van der Waals surface area contributed by atoms with Gasteiger partial charge in [0.25, 0.3) is 0 Å². The number of rotatable bonds is 3. The number of hydrogen-bond acceptors (Lipinski definition) is 3. The SMILES string of the molecule is CC(CN)(CN)C(N)[O]. The summed E-state index contributed by atoms with van der Waals surface area (Å²) in [7, 11) is 0. The first-order valence-corrected chi connectivity index (χ1v) is 2.88. The van der Waals surface area contributed by atoms with Gasteiger partial charge in [-0.25, -0.2) is 5.11 Å². The third kappa shape index (κ3) is 1.91. The summed E-state index contributed by atoms with van der Waals surface area (Å²) in [4.78, 5) is 0. The molecule has 6 N–H and O–H groups in total. The zero-order valence-electron chi connectivity index (χ0n) is 5.63. The molecule has 0 aromatic rings. The van der Waals surface area contributed by atoms with Crippen LogP contribution >= 0.6 is 0 Å². The Morgan fingerprint density at radius 2 is 1.78 bits per heavy atom. The molecule has 0 spiro atoms. The molecule has 1 atom stereocenters. The highest BCUT2D eigenvalue weighted by atomic mass is 16.3. The standard InChI is InChI=1S/C5H14N3O/c1-5(2-6,3-7)4(8)9/h4H,2-3,6-8H2,1H3. The van der Waals surface area contributed by atoms with Crippen LogP contribution in [0.1, 0.15) is 6.92 Å². The summed E-state index contributed by atoms with van der Waals surface area (Å²) in [5, 5.41) is 10.6. The van der Waals surface area contributed by atoms with Crippen molar-refractivity contribution in [3.05, 3.63) is 0 Å². The molecule has 0 heterocycles. The Labute approximate surface area is 55.0 Å². The van der Waals surface area contributed by atoms with Crippen molar-refractivity contribution in [2.24, 2.45) is 22.6 Å². The quantitative estimate of drug-likeness (QED) is 0.413. The summed E-state index contributed by atoms with van der Waals surface area (Å²) in [6.45, 7) is 2.17. The molecule has 4 nitrogen and oxygen atoms in total. The van der Waals surface area contributed by atoms with Crippen molar-refractivity contribution in [3.63, 3.8) is 0 Å². The Morgan fingerprint density at radius 1 is 1.44 bits per heavy atom. The van der Waals surface area contributed by atoms with Crippen molar-refractivity contribution >= 4 is 0 Å². The van der Waals surface area contributed by atoms with E-state index in [9.17, 15) is 5.11 Å². The Hall–Kier alpha value is -0.160. The van der Waals surface area contributed by atoms with Gasteiger partial charge in [-0.05, 0) is 0 Å². The lowest BCUT2D eigenvalue weighted by atomic mass is 9.89. The topological polar surface area (TPSA) is 98.0 Å². The third-order valence-corrected chi connectivity index (χ3v) is 1.62. The van der Waals surface area contributed by atoms with Crippen LogP contribution in [0.5, 0.6) is 0 Å². The van der Waals surface area contributed by atoms with Crippen molar-refractivity contribution in [2.75, 3.05) is 13.1 Å². The van der Waals surface area contributed by atoms with E-state index in [4.69, 9.17) is 17.2 Å². The minimum absolute atomic E-state index is 0.244. The van der Waals surface area contributed by atoms with Crippen molar-refractivity contribution in [2.45, 2.75) is 13.2 Å². The van der Waals surface area contributed by atoms with Crippen molar-refractivity contribution in [3.8, 4) is 0 Å². The fourth-order valence-corrected chi connectivity index (χ4v) is 0.316. The fourth-order valence-electron chi connectivity index (χ4n) is 0.316. The summed E-state index contributed by atoms with van der Waals surface area (Å²) in [6, 6.07) is 0. The maximum atomic E-state index is 10.6. The summed E-state index contributed by atoms with van der Waals surface area (Å²) >= 11 is 0. The molecule has 1 radical (unpaired) electrons. The van der Waals surface area contributed by atoms with Gasteiger partial charge in [-0.1, -0.05) is 6.92 Å². The Balaban J connectivity index is 3.92. The van der Waals surface area contributed by atoms with Gasteiger partial charge in [0.2, 0.25) is 0 Å². The maximum Gasteiger partial charge on any atom is 0.149 e. The first kappa shape index (κ1) is 8.84. The molecule has 0 aliphatic carbocycles. The van der Waals surface area contributed by atoms with Gasteiger partial charge in [0.05, 0.1) is 0 Å². The van der Waals surface area contributed by atoms with Crippen molar-refractivity contribution in [1.82, 2.24) is 0 Å². The maximum absolute atomic E-state index is 10.6. The van der Waals surface area contributed by atoms with Gasteiger partial charge < -0.3 is 17.2 Å². The molecular weight excluding hydrogens is 118 g/mol. The first-order valence-electron chi connectivity index (χ1n) is 2.88. The normalized spacial score (nSPS) is 15.7. The van der Waals surface area contributed by atoms with Crippen LogP contribution in [-0.4, -0.2) is 19.3 Å². The zero-order chi connectivity index (χ0) is 7.49. The van der Waals surface area contributed by atoms with E-state index in [1.807, 2.05) is 0 Å². The van der Waals surface area contributed by atoms with E-state index < -0.39 is 11.6 Å². The molecule has 0 saturated heterocycles. The molecule has 0 bridgehead atoms. The van der Waals surface area contributed by atoms with Crippen molar-refractivity contribution < 1.29 is 5.11 Å². The second-order valence-corrected chi connectivity index (χ2v) is 2.48. The molecule has 0 aromatic carbocycles. The molecule has 9 heavy (non-hydrogen) atoms. The summed E-state index contributed by atoms with van der Waals surface area (Å²) in [6.07, 6.45) is -1.17. The van der Waals surface area contributed by atoms with E-state index in [1.54, 1.807) is 6.92 Å². The molecule has 0 aliphatic heterocycles. The lowest BCUT2D eigenvalue weighted by Gasteiger charge is -2.26. The largest absolute Gasteiger partial charge is 0.330 e. The van der Waals surface area contributed by atoms with Gasteiger partial charge in [0, 0.05) is 18.5 Å². The molecule has 1 unspecified atom stereocenters. The number of nitrogens with two attached hydrogens (primary N) is 3. The Bertz CT molecular complexity index is 80.3. The highest BCUT2D eigenvalue weighted by Crippen LogP contribution is 2.13. The van der Waals surface area contributed by atoms with Crippen molar-refractivity contribution in [1.29, 1.82) is 0 Å². The molecular formula is C5H14N3O. The molecule has 0 amide bonds. The first-order chi connectivity index (χ1) is 4.06. The van der Waals surface area contributed by atoms with Gasteiger partial charge in [0.15, 0.2) is 0 Å². The molecule has 0 aromatic heterocycles. The molecule has 4 heteroatoms. The average Bonchev–Trinajstić information content (AvgIpc) is 1.86. The van der Waals surface area contributed by atoms with E-state index >= 15 is 0 Å². The smallest absolute Gasteiger partial charge is 0.149 e. The highest BCUT2D eigenvalue weighted by Gasteiger charge is 2.28. The average molecular weight is 132 g/mol. The molecule has 0 saturated carbocycles. The van der Waals surface area contributed by atoms with E-state index in [0.717, 1.165) is 0 Å². The minimum Gasteiger partial charge on any atom is -0.330 e. The fraction of sp³-hybridized carbons (Fsp3) is 1.00. The van der Waals surface area contributed by atoms with Crippen LogP contribution in [0, 0.1) is 5.41 Å². The van der Waals surface area contributed by atoms with Gasteiger partial charge >= 0.3 is 0 Å². The predicted octanol–water partition coefficient (Wildman–Crippen LogP) is -1.37. The van der Waals surface area contributed by atoms with Crippen LogP contribution in [-0.2, 0) is 5.11 Å². The second-order valence-electron chi connectivity index (χ2n) is 2.48. The van der Waals surface area contributed by atoms with E-state index in [0.29, 0.717) is 0 Å². The molecule has 55 valence electrons. The minimum atomic E-state index is -1.17. The monoisotopic (exact) mass is 132 g/mol. The molecule has 0 fully saturated rings. The van der Waals surface area contributed by atoms with Crippen LogP contribution < -0.4 is 17.2 Å². The molecule has 0 rings (SSSR count). The summed E-state index contributed by atoms with van der Waals surface area (Å²) in [5.74, 6) is 0.